The molecule has 0 unspecified atom stereocenters. The minimum Gasteiger partial charge on any atom is -0.395 e. The number of aliphatic hydroxyl groups is 2. The highest BCUT2D eigenvalue weighted by Gasteiger charge is 2.15. The molecule has 0 aliphatic heterocycles. The van der Waals surface area contributed by atoms with Gasteiger partial charge in [-0.25, -0.2) is 5.01 Å². The maximum atomic E-state index is 8.66. The number of rotatable bonds is 4. The molecule has 4 nitrogen and oxygen atoms in total. The van der Waals surface area contributed by atoms with Crippen molar-refractivity contribution in [3.63, 3.8) is 0 Å². The maximum Gasteiger partial charge on any atom is 0.0706 e. The van der Waals surface area contributed by atoms with Crippen molar-refractivity contribution in [2.75, 3.05) is 13.2 Å². The lowest BCUT2D eigenvalue weighted by Gasteiger charge is -2.27. The molecular formula is C6H16N2O2. The Labute approximate surface area is 61.2 Å². The van der Waals surface area contributed by atoms with Gasteiger partial charge in [-0.3, -0.25) is 5.84 Å². The van der Waals surface area contributed by atoms with Gasteiger partial charge in [-0.15, -0.1) is 0 Å². The number of hydrazine groups is 1. The third-order valence-electron chi connectivity index (χ3n) is 1.44. The van der Waals surface area contributed by atoms with Gasteiger partial charge in [0.05, 0.1) is 19.3 Å². The van der Waals surface area contributed by atoms with E-state index in [0.717, 1.165) is 0 Å². The highest BCUT2D eigenvalue weighted by Crippen LogP contribution is 1.96. The number of nitrogens with zero attached hydrogens (tertiary/aromatic N) is 1. The second-order valence-electron chi connectivity index (χ2n) is 2.56. The Kier molecular flexibility index (Phi) is 4.55. The third kappa shape index (κ3) is 2.62. The molecule has 0 aliphatic carbocycles. The third-order valence-corrected chi connectivity index (χ3v) is 1.44. The molecule has 0 aromatic heterocycles. The van der Waals surface area contributed by atoms with E-state index in [-0.39, 0.29) is 25.3 Å². The van der Waals surface area contributed by atoms with Gasteiger partial charge in [0.1, 0.15) is 0 Å². The molecule has 4 N–H and O–H groups in total. The van der Waals surface area contributed by atoms with Gasteiger partial charge >= 0.3 is 0 Å². The van der Waals surface area contributed by atoms with Gasteiger partial charge < -0.3 is 10.2 Å². The lowest BCUT2D eigenvalue weighted by molar-refractivity contribution is 0.0534. The highest BCUT2D eigenvalue weighted by molar-refractivity contribution is 4.66. The summed E-state index contributed by atoms with van der Waals surface area (Å²) in [7, 11) is 0. The molecule has 0 aromatic carbocycles. The van der Waals surface area contributed by atoms with Crippen LogP contribution in [0, 0.1) is 0 Å². The lowest BCUT2D eigenvalue weighted by Crippen LogP contribution is -2.49. The van der Waals surface area contributed by atoms with Gasteiger partial charge in [0, 0.05) is 6.04 Å². The second-order valence-corrected chi connectivity index (χ2v) is 2.56. The van der Waals surface area contributed by atoms with Crippen molar-refractivity contribution in [1.82, 2.24) is 5.01 Å². The second kappa shape index (κ2) is 4.62. The first-order valence-corrected chi connectivity index (χ1v) is 3.38. The first-order chi connectivity index (χ1) is 4.63. The molecule has 0 heterocycles. The summed E-state index contributed by atoms with van der Waals surface area (Å²) >= 11 is 0. The molecule has 0 rings (SSSR count). The van der Waals surface area contributed by atoms with Gasteiger partial charge in [0.2, 0.25) is 0 Å². The van der Waals surface area contributed by atoms with E-state index in [1.807, 2.05) is 13.8 Å². The standard InChI is InChI=1S/C6H16N2O2/c1-5(2)8(7)6(3-9)4-10/h5-6,9-10H,3-4,7H2,1-2H3. The molecule has 62 valence electrons. The largest absolute Gasteiger partial charge is 0.395 e. The number of hydrogen-bond donors (Lipinski definition) is 3. The monoisotopic (exact) mass is 148 g/mol. The van der Waals surface area contributed by atoms with Crippen LogP contribution in [0.1, 0.15) is 13.8 Å². The first-order valence-electron chi connectivity index (χ1n) is 3.38. The van der Waals surface area contributed by atoms with Crippen molar-refractivity contribution < 1.29 is 10.2 Å². The molecule has 0 amide bonds. The molecule has 0 saturated carbocycles. The predicted octanol–water partition coefficient (Wildman–Crippen LogP) is -1.08. The number of nitrogens with two attached hydrogens (primary N) is 1. The van der Waals surface area contributed by atoms with Crippen molar-refractivity contribution in [1.29, 1.82) is 0 Å². The van der Waals surface area contributed by atoms with Crippen LogP contribution in [0.15, 0.2) is 0 Å². The van der Waals surface area contributed by atoms with E-state index in [9.17, 15) is 0 Å². The van der Waals surface area contributed by atoms with E-state index >= 15 is 0 Å². The Bertz CT molecular complexity index is 83.8. The first kappa shape index (κ1) is 9.84. The number of hydrogen-bond acceptors (Lipinski definition) is 4. The smallest absolute Gasteiger partial charge is 0.0706 e. The Morgan fingerprint density at radius 2 is 1.70 bits per heavy atom. The molecule has 10 heavy (non-hydrogen) atoms. The van der Waals surface area contributed by atoms with E-state index in [1.165, 1.54) is 5.01 Å². The van der Waals surface area contributed by atoms with Crippen molar-refractivity contribution in [3.8, 4) is 0 Å². The Morgan fingerprint density at radius 3 is 1.80 bits per heavy atom. The van der Waals surface area contributed by atoms with Gasteiger partial charge in [-0.05, 0) is 13.8 Å². The van der Waals surface area contributed by atoms with E-state index < -0.39 is 0 Å². The van der Waals surface area contributed by atoms with Crippen molar-refractivity contribution in [3.05, 3.63) is 0 Å². The molecule has 0 atom stereocenters. The summed E-state index contributed by atoms with van der Waals surface area (Å²) in [5.41, 5.74) is 0. The molecule has 0 aliphatic rings. The van der Waals surface area contributed by atoms with Crippen LogP contribution < -0.4 is 5.84 Å². The molecule has 0 aromatic rings. The summed E-state index contributed by atoms with van der Waals surface area (Å²) in [4.78, 5) is 0. The van der Waals surface area contributed by atoms with Crippen LogP contribution in [0.25, 0.3) is 0 Å². The van der Waals surface area contributed by atoms with Gasteiger partial charge in [0.25, 0.3) is 0 Å². The Morgan fingerprint density at radius 1 is 1.30 bits per heavy atom. The van der Waals surface area contributed by atoms with Crippen molar-refractivity contribution >= 4 is 0 Å². The van der Waals surface area contributed by atoms with Crippen LogP contribution >= 0.6 is 0 Å². The minimum atomic E-state index is -0.333. The molecule has 0 fully saturated rings. The quantitative estimate of drug-likeness (QED) is 0.350. The fourth-order valence-corrected chi connectivity index (χ4v) is 0.668. The molecule has 4 heteroatoms. The summed E-state index contributed by atoms with van der Waals surface area (Å²) in [6.07, 6.45) is 0. The summed E-state index contributed by atoms with van der Waals surface area (Å²) in [6, 6.07) is -0.190. The average molecular weight is 148 g/mol. The van der Waals surface area contributed by atoms with Gasteiger partial charge in [-0.2, -0.15) is 0 Å². The SMILES string of the molecule is CC(C)N(N)C(CO)CO. The topological polar surface area (TPSA) is 69.7 Å². The van der Waals surface area contributed by atoms with Crippen LogP contribution in [0.2, 0.25) is 0 Å². The average Bonchev–Trinajstić information content (AvgIpc) is 1.90. The summed E-state index contributed by atoms with van der Waals surface area (Å²) in [6.45, 7) is 3.59. The van der Waals surface area contributed by atoms with E-state index in [1.54, 1.807) is 0 Å². The van der Waals surface area contributed by atoms with Gasteiger partial charge in [-0.1, -0.05) is 0 Å². The number of aliphatic hydroxyl groups excluding tert-OH is 2. The fraction of sp³-hybridized carbons (Fsp3) is 1.00. The summed E-state index contributed by atoms with van der Waals surface area (Å²) in [5.74, 6) is 5.50. The zero-order chi connectivity index (χ0) is 8.15. The maximum absolute atomic E-state index is 8.66. The Balaban J connectivity index is 3.76. The summed E-state index contributed by atoms with van der Waals surface area (Å²) in [5, 5.41) is 18.8. The van der Waals surface area contributed by atoms with Gasteiger partial charge in [0.15, 0.2) is 0 Å². The predicted molar refractivity (Wildman–Crippen MR) is 39.1 cm³/mol. The van der Waals surface area contributed by atoms with Crippen LogP contribution in [-0.2, 0) is 0 Å². The van der Waals surface area contributed by atoms with E-state index in [0.29, 0.717) is 0 Å². The lowest BCUT2D eigenvalue weighted by atomic mass is 10.2. The van der Waals surface area contributed by atoms with Crippen LogP contribution in [0.5, 0.6) is 0 Å². The van der Waals surface area contributed by atoms with E-state index in [2.05, 4.69) is 0 Å². The van der Waals surface area contributed by atoms with Crippen LogP contribution in [0.4, 0.5) is 0 Å². The normalized spacial score (nSPS) is 12.0. The zero-order valence-corrected chi connectivity index (χ0v) is 6.49. The van der Waals surface area contributed by atoms with Crippen LogP contribution in [-0.4, -0.2) is 40.5 Å². The molecular weight excluding hydrogens is 132 g/mol. The molecule has 0 bridgehead atoms. The van der Waals surface area contributed by atoms with Crippen molar-refractivity contribution in [2.24, 2.45) is 5.84 Å². The summed E-state index contributed by atoms with van der Waals surface area (Å²) < 4.78 is 0. The van der Waals surface area contributed by atoms with Crippen LogP contribution in [0.3, 0.4) is 0 Å². The molecule has 0 radical (unpaired) electrons. The van der Waals surface area contributed by atoms with Crippen molar-refractivity contribution in [2.45, 2.75) is 25.9 Å². The van der Waals surface area contributed by atoms with E-state index in [4.69, 9.17) is 16.1 Å². The fourth-order valence-electron chi connectivity index (χ4n) is 0.668. The zero-order valence-electron chi connectivity index (χ0n) is 6.49. The minimum absolute atomic E-state index is 0.106. The Hall–Kier alpha value is -0.160. The molecule has 0 saturated heterocycles. The highest BCUT2D eigenvalue weighted by atomic mass is 16.3. The molecule has 0 spiro atoms.